The molecule has 1 heterocycles. The van der Waals surface area contributed by atoms with Crippen molar-refractivity contribution in [2.45, 2.75) is 12.6 Å². The van der Waals surface area contributed by atoms with Crippen LogP contribution in [0.2, 0.25) is 9.36 Å². The second kappa shape index (κ2) is 6.73. The molecule has 1 atom stereocenters. The van der Waals surface area contributed by atoms with Crippen molar-refractivity contribution >= 4 is 34.5 Å². The van der Waals surface area contributed by atoms with E-state index >= 15 is 0 Å². The number of halogens is 2. The van der Waals surface area contributed by atoms with Crippen LogP contribution in [0.4, 0.5) is 0 Å². The Morgan fingerprint density at radius 2 is 2.05 bits per heavy atom. The third-order valence-corrected chi connectivity index (χ3v) is 4.57. The van der Waals surface area contributed by atoms with Crippen molar-refractivity contribution < 1.29 is 0 Å². The number of hydrogen-bond donors (Lipinski definition) is 1. The van der Waals surface area contributed by atoms with Crippen LogP contribution < -0.4 is 5.73 Å². The number of benzene rings is 1. The van der Waals surface area contributed by atoms with E-state index in [0.717, 1.165) is 15.9 Å². The Morgan fingerprint density at radius 3 is 2.63 bits per heavy atom. The zero-order chi connectivity index (χ0) is 13.8. The molecule has 1 aromatic heterocycles. The molecular formula is C14H16Cl2N2S. The minimum absolute atomic E-state index is 0.177. The molecule has 1 aromatic carbocycles. The predicted molar refractivity (Wildman–Crippen MR) is 84.0 cm³/mol. The highest BCUT2D eigenvalue weighted by Crippen LogP contribution is 2.30. The number of hydrogen-bond acceptors (Lipinski definition) is 3. The first-order valence-corrected chi connectivity index (χ1v) is 7.57. The van der Waals surface area contributed by atoms with E-state index in [0.29, 0.717) is 6.54 Å². The molecule has 0 saturated heterocycles. The summed E-state index contributed by atoms with van der Waals surface area (Å²) >= 11 is 13.6. The van der Waals surface area contributed by atoms with Crippen molar-refractivity contribution in [3.05, 3.63) is 56.2 Å². The Balaban J connectivity index is 2.11. The number of likely N-dealkylation sites (N-methyl/N-ethyl adjacent to an activating group) is 1. The smallest absolute Gasteiger partial charge is 0.0931 e. The van der Waals surface area contributed by atoms with Crippen LogP contribution in [0, 0.1) is 0 Å². The highest BCUT2D eigenvalue weighted by molar-refractivity contribution is 7.16. The van der Waals surface area contributed by atoms with E-state index in [1.165, 1.54) is 10.4 Å². The monoisotopic (exact) mass is 314 g/mol. The molecule has 102 valence electrons. The minimum atomic E-state index is 0.177. The average Bonchev–Trinajstić information content (AvgIpc) is 2.76. The molecule has 2 nitrogen and oxygen atoms in total. The molecule has 2 rings (SSSR count). The predicted octanol–water partition coefficient (Wildman–Crippen LogP) is 4.19. The molecule has 0 bridgehead atoms. The van der Waals surface area contributed by atoms with Crippen LogP contribution in [0.5, 0.6) is 0 Å². The normalized spacial score (nSPS) is 12.9. The Bertz CT molecular complexity index is 542. The van der Waals surface area contributed by atoms with Crippen LogP contribution in [-0.4, -0.2) is 18.5 Å². The van der Waals surface area contributed by atoms with Gasteiger partial charge in [0, 0.05) is 23.0 Å². The van der Waals surface area contributed by atoms with Crippen molar-refractivity contribution in [1.82, 2.24) is 4.90 Å². The Labute approximate surface area is 127 Å². The molecule has 0 saturated carbocycles. The van der Waals surface area contributed by atoms with Gasteiger partial charge in [-0.2, -0.15) is 0 Å². The lowest BCUT2D eigenvalue weighted by Gasteiger charge is -2.26. The SMILES string of the molecule is CN(Cc1cccc(Cl)c1)C(CN)c1ccc(Cl)s1. The largest absolute Gasteiger partial charge is 0.329 e. The third kappa shape index (κ3) is 3.94. The molecule has 5 heteroatoms. The van der Waals surface area contributed by atoms with E-state index < -0.39 is 0 Å². The van der Waals surface area contributed by atoms with Gasteiger partial charge in [0.05, 0.1) is 10.4 Å². The minimum Gasteiger partial charge on any atom is -0.329 e. The molecule has 19 heavy (non-hydrogen) atoms. The zero-order valence-corrected chi connectivity index (χ0v) is 13.0. The van der Waals surface area contributed by atoms with Gasteiger partial charge in [0.25, 0.3) is 0 Å². The van der Waals surface area contributed by atoms with Gasteiger partial charge in [0.2, 0.25) is 0 Å². The maximum atomic E-state index is 6.00. The maximum Gasteiger partial charge on any atom is 0.0931 e. The van der Waals surface area contributed by atoms with E-state index in [-0.39, 0.29) is 6.04 Å². The molecular weight excluding hydrogens is 299 g/mol. The lowest BCUT2D eigenvalue weighted by molar-refractivity contribution is 0.245. The molecule has 2 aromatic rings. The summed E-state index contributed by atoms with van der Waals surface area (Å²) in [5.74, 6) is 0. The van der Waals surface area contributed by atoms with Crippen molar-refractivity contribution in [2.75, 3.05) is 13.6 Å². The molecule has 0 aliphatic heterocycles. The van der Waals surface area contributed by atoms with Crippen molar-refractivity contribution in [3.63, 3.8) is 0 Å². The number of nitrogens with two attached hydrogens (primary N) is 1. The third-order valence-electron chi connectivity index (χ3n) is 3.00. The van der Waals surface area contributed by atoms with E-state index in [9.17, 15) is 0 Å². The second-order valence-corrected chi connectivity index (χ2v) is 6.62. The summed E-state index contributed by atoms with van der Waals surface area (Å²) < 4.78 is 0.796. The fourth-order valence-electron chi connectivity index (χ4n) is 2.05. The van der Waals surface area contributed by atoms with Crippen LogP contribution >= 0.6 is 34.5 Å². The summed E-state index contributed by atoms with van der Waals surface area (Å²) in [4.78, 5) is 3.41. The number of nitrogens with zero attached hydrogens (tertiary/aromatic N) is 1. The topological polar surface area (TPSA) is 29.3 Å². The van der Waals surface area contributed by atoms with Gasteiger partial charge in [-0.25, -0.2) is 0 Å². The number of rotatable bonds is 5. The van der Waals surface area contributed by atoms with Gasteiger partial charge < -0.3 is 5.73 Å². The summed E-state index contributed by atoms with van der Waals surface area (Å²) in [6.07, 6.45) is 0. The Morgan fingerprint density at radius 1 is 1.26 bits per heavy atom. The lowest BCUT2D eigenvalue weighted by Crippen LogP contribution is -2.29. The van der Waals surface area contributed by atoms with Crippen LogP contribution in [0.3, 0.4) is 0 Å². The van der Waals surface area contributed by atoms with E-state index in [1.54, 1.807) is 11.3 Å². The quantitative estimate of drug-likeness (QED) is 0.896. The Kier molecular flexibility index (Phi) is 5.25. The van der Waals surface area contributed by atoms with Gasteiger partial charge in [-0.15, -0.1) is 11.3 Å². The van der Waals surface area contributed by atoms with Gasteiger partial charge in [-0.05, 0) is 36.9 Å². The maximum absolute atomic E-state index is 6.00. The van der Waals surface area contributed by atoms with Crippen LogP contribution in [-0.2, 0) is 6.54 Å². The van der Waals surface area contributed by atoms with Crippen molar-refractivity contribution in [1.29, 1.82) is 0 Å². The summed E-state index contributed by atoms with van der Waals surface area (Å²) in [5.41, 5.74) is 7.07. The first kappa shape index (κ1) is 14.8. The molecule has 0 spiro atoms. The van der Waals surface area contributed by atoms with Gasteiger partial charge in [-0.1, -0.05) is 35.3 Å². The van der Waals surface area contributed by atoms with E-state index in [1.807, 2.05) is 30.3 Å². The second-order valence-electron chi connectivity index (χ2n) is 4.44. The molecule has 1 unspecified atom stereocenters. The fraction of sp³-hybridized carbons (Fsp3) is 0.286. The van der Waals surface area contributed by atoms with Crippen molar-refractivity contribution in [3.8, 4) is 0 Å². The highest BCUT2D eigenvalue weighted by atomic mass is 35.5. The van der Waals surface area contributed by atoms with Gasteiger partial charge in [0.1, 0.15) is 0 Å². The van der Waals surface area contributed by atoms with Gasteiger partial charge in [0.15, 0.2) is 0 Å². The summed E-state index contributed by atoms with van der Waals surface area (Å²) in [6.45, 7) is 1.37. The van der Waals surface area contributed by atoms with Gasteiger partial charge >= 0.3 is 0 Å². The van der Waals surface area contributed by atoms with Crippen LogP contribution in [0.25, 0.3) is 0 Å². The fourth-order valence-corrected chi connectivity index (χ4v) is 3.51. The van der Waals surface area contributed by atoms with E-state index in [4.69, 9.17) is 28.9 Å². The van der Waals surface area contributed by atoms with E-state index in [2.05, 4.69) is 18.0 Å². The molecule has 0 aliphatic rings. The zero-order valence-electron chi connectivity index (χ0n) is 10.6. The first-order valence-electron chi connectivity index (χ1n) is 6.00. The van der Waals surface area contributed by atoms with Crippen LogP contribution in [0.15, 0.2) is 36.4 Å². The van der Waals surface area contributed by atoms with Crippen LogP contribution in [0.1, 0.15) is 16.5 Å². The molecule has 2 N–H and O–H groups in total. The highest BCUT2D eigenvalue weighted by Gasteiger charge is 2.17. The summed E-state index contributed by atoms with van der Waals surface area (Å²) in [6, 6.07) is 12.0. The lowest BCUT2D eigenvalue weighted by atomic mass is 10.1. The molecule has 0 fully saturated rings. The molecule has 0 radical (unpaired) electrons. The molecule has 0 amide bonds. The first-order chi connectivity index (χ1) is 9.10. The number of thiophene rings is 1. The standard InChI is InChI=1S/C14H16Cl2N2S/c1-18(9-10-3-2-4-11(15)7-10)12(8-17)13-5-6-14(16)19-13/h2-7,12H,8-9,17H2,1H3. The molecule has 0 aliphatic carbocycles. The van der Waals surface area contributed by atoms with Gasteiger partial charge in [-0.3, -0.25) is 4.90 Å². The average molecular weight is 315 g/mol. The summed E-state index contributed by atoms with van der Waals surface area (Å²) in [5, 5.41) is 0.759. The van der Waals surface area contributed by atoms with Crippen molar-refractivity contribution in [2.24, 2.45) is 5.73 Å². The summed E-state index contributed by atoms with van der Waals surface area (Å²) in [7, 11) is 2.06. The Hall–Kier alpha value is -0.580.